The number of benzene rings is 2. The van der Waals surface area contributed by atoms with Gasteiger partial charge in [-0.1, -0.05) is 36.4 Å². The van der Waals surface area contributed by atoms with E-state index in [0.29, 0.717) is 32.4 Å². The largest absolute Gasteiger partial charge is 0.504 e. The van der Waals surface area contributed by atoms with Crippen LogP contribution in [0.2, 0.25) is 0 Å². The molecule has 3 rings (SSSR count). The smallest absolute Gasteiger partial charge is 0.255 e. The maximum absolute atomic E-state index is 12.4. The van der Waals surface area contributed by atoms with Gasteiger partial charge in [-0.3, -0.25) is 9.59 Å². The van der Waals surface area contributed by atoms with E-state index < -0.39 is 11.7 Å². The highest BCUT2D eigenvalue weighted by Gasteiger charge is 2.28. The van der Waals surface area contributed by atoms with Crippen molar-refractivity contribution in [2.45, 2.75) is 25.3 Å². The predicted molar refractivity (Wildman–Crippen MR) is 97.0 cm³/mol. The summed E-state index contributed by atoms with van der Waals surface area (Å²) in [7, 11) is 0. The van der Waals surface area contributed by atoms with Crippen LogP contribution in [0, 0.1) is 0 Å². The average Bonchev–Trinajstić information content (AvgIpc) is 3.11. The standard InChI is InChI=1S/C20H22N2O4/c23-17-8-4-7-16(19(17)25)20(26)21-15-11-12-22(13-15)18(24)10-9-14-5-2-1-3-6-14/h1-8,15,23,25H,9-13H2,(H,21,26)/t15-/m0/s1. The quantitative estimate of drug-likeness (QED) is 0.717. The first-order valence-electron chi connectivity index (χ1n) is 8.68. The van der Waals surface area contributed by atoms with Crippen molar-refractivity contribution >= 4 is 11.8 Å². The molecule has 1 aliphatic heterocycles. The zero-order valence-electron chi connectivity index (χ0n) is 14.4. The van der Waals surface area contributed by atoms with Crippen LogP contribution in [0.4, 0.5) is 0 Å². The van der Waals surface area contributed by atoms with Gasteiger partial charge in [-0.15, -0.1) is 0 Å². The summed E-state index contributed by atoms with van der Waals surface area (Å²) < 4.78 is 0. The van der Waals surface area contributed by atoms with Gasteiger partial charge in [-0.25, -0.2) is 0 Å². The number of likely N-dealkylation sites (tertiary alicyclic amines) is 1. The molecule has 2 aromatic rings. The number of para-hydroxylation sites is 1. The second-order valence-corrected chi connectivity index (χ2v) is 6.46. The molecule has 0 radical (unpaired) electrons. The molecule has 0 aromatic heterocycles. The van der Waals surface area contributed by atoms with Crippen LogP contribution in [-0.2, 0) is 11.2 Å². The van der Waals surface area contributed by atoms with Crippen LogP contribution >= 0.6 is 0 Å². The van der Waals surface area contributed by atoms with Crippen molar-refractivity contribution in [1.82, 2.24) is 10.2 Å². The molecule has 3 N–H and O–H groups in total. The minimum absolute atomic E-state index is 0.0267. The highest BCUT2D eigenvalue weighted by Crippen LogP contribution is 2.28. The summed E-state index contributed by atoms with van der Waals surface area (Å²) in [6.45, 7) is 1.06. The van der Waals surface area contributed by atoms with Gasteiger partial charge in [0, 0.05) is 25.6 Å². The number of rotatable bonds is 5. The second-order valence-electron chi connectivity index (χ2n) is 6.46. The van der Waals surface area contributed by atoms with E-state index >= 15 is 0 Å². The number of amides is 2. The van der Waals surface area contributed by atoms with Crippen molar-refractivity contribution in [3.63, 3.8) is 0 Å². The number of hydrogen-bond donors (Lipinski definition) is 3. The van der Waals surface area contributed by atoms with Gasteiger partial charge in [0.15, 0.2) is 11.5 Å². The van der Waals surface area contributed by atoms with Crippen LogP contribution in [0.3, 0.4) is 0 Å². The van der Waals surface area contributed by atoms with Crippen LogP contribution < -0.4 is 5.32 Å². The molecule has 0 bridgehead atoms. The lowest BCUT2D eigenvalue weighted by Crippen LogP contribution is -2.38. The molecule has 1 heterocycles. The number of carbonyl (C=O) groups is 2. The zero-order chi connectivity index (χ0) is 18.5. The number of nitrogens with one attached hydrogen (secondary N) is 1. The molecule has 136 valence electrons. The van der Waals surface area contributed by atoms with Gasteiger partial charge in [0.25, 0.3) is 5.91 Å². The second kappa shape index (κ2) is 7.91. The van der Waals surface area contributed by atoms with Crippen LogP contribution in [0.1, 0.15) is 28.8 Å². The Labute approximate surface area is 152 Å². The van der Waals surface area contributed by atoms with Crippen molar-refractivity contribution in [2.75, 3.05) is 13.1 Å². The van der Waals surface area contributed by atoms with Crippen LogP contribution in [0.5, 0.6) is 11.5 Å². The Morgan fingerprint density at radius 1 is 1.08 bits per heavy atom. The number of nitrogens with zero attached hydrogens (tertiary/aromatic N) is 1. The fourth-order valence-corrected chi connectivity index (χ4v) is 3.14. The third kappa shape index (κ3) is 4.14. The zero-order valence-corrected chi connectivity index (χ0v) is 14.4. The van der Waals surface area contributed by atoms with Gasteiger partial charge in [-0.05, 0) is 30.5 Å². The highest BCUT2D eigenvalue weighted by atomic mass is 16.3. The normalized spacial score (nSPS) is 16.5. The third-order valence-corrected chi connectivity index (χ3v) is 4.61. The number of aryl methyl sites for hydroxylation is 1. The molecule has 6 nitrogen and oxygen atoms in total. The number of aromatic hydroxyl groups is 2. The summed E-state index contributed by atoms with van der Waals surface area (Å²) in [5.41, 5.74) is 1.16. The summed E-state index contributed by atoms with van der Waals surface area (Å²) in [4.78, 5) is 26.4. The summed E-state index contributed by atoms with van der Waals surface area (Å²) in [6, 6.07) is 14.0. The summed E-state index contributed by atoms with van der Waals surface area (Å²) in [5, 5.41) is 22.1. The Bertz CT molecular complexity index is 792. The number of carbonyl (C=O) groups excluding carboxylic acids is 2. The van der Waals surface area contributed by atoms with E-state index in [1.54, 1.807) is 4.90 Å². The number of phenols is 2. The maximum atomic E-state index is 12.4. The van der Waals surface area contributed by atoms with Crippen molar-refractivity contribution in [3.8, 4) is 11.5 Å². The summed E-state index contributed by atoms with van der Waals surface area (Å²) in [5.74, 6) is -1.15. The summed E-state index contributed by atoms with van der Waals surface area (Å²) in [6.07, 6.45) is 1.81. The molecule has 0 saturated carbocycles. The Morgan fingerprint density at radius 2 is 1.85 bits per heavy atom. The minimum Gasteiger partial charge on any atom is -0.504 e. The minimum atomic E-state index is -0.456. The van der Waals surface area contributed by atoms with Gasteiger partial charge in [0.05, 0.1) is 5.56 Å². The molecule has 6 heteroatoms. The molecular weight excluding hydrogens is 332 g/mol. The number of hydrogen-bond acceptors (Lipinski definition) is 4. The lowest BCUT2D eigenvalue weighted by Gasteiger charge is -2.17. The van der Waals surface area contributed by atoms with Crippen molar-refractivity contribution < 1.29 is 19.8 Å². The van der Waals surface area contributed by atoms with Gasteiger partial charge in [0.2, 0.25) is 5.91 Å². The fourth-order valence-electron chi connectivity index (χ4n) is 3.14. The van der Waals surface area contributed by atoms with E-state index in [0.717, 1.165) is 5.56 Å². The van der Waals surface area contributed by atoms with E-state index in [1.165, 1.54) is 18.2 Å². The van der Waals surface area contributed by atoms with Crippen molar-refractivity contribution in [3.05, 3.63) is 59.7 Å². The Balaban J connectivity index is 1.51. The van der Waals surface area contributed by atoms with Crippen LogP contribution in [0.25, 0.3) is 0 Å². The van der Waals surface area contributed by atoms with E-state index in [1.807, 2.05) is 30.3 Å². The maximum Gasteiger partial charge on any atom is 0.255 e. The molecule has 0 spiro atoms. The Hall–Kier alpha value is -3.02. The average molecular weight is 354 g/mol. The fraction of sp³-hybridized carbons (Fsp3) is 0.300. The number of phenolic OH excluding ortho intramolecular Hbond substituents is 2. The van der Waals surface area contributed by atoms with Crippen LogP contribution in [0.15, 0.2) is 48.5 Å². The lowest BCUT2D eigenvalue weighted by atomic mass is 10.1. The molecule has 2 aromatic carbocycles. The molecule has 1 atom stereocenters. The van der Waals surface area contributed by atoms with E-state index in [2.05, 4.69) is 5.32 Å². The first kappa shape index (κ1) is 17.8. The van der Waals surface area contributed by atoms with Crippen LogP contribution in [-0.4, -0.2) is 46.1 Å². The molecule has 1 aliphatic rings. The monoisotopic (exact) mass is 354 g/mol. The Kier molecular flexibility index (Phi) is 5.41. The van der Waals surface area contributed by atoms with E-state index in [4.69, 9.17) is 0 Å². The molecular formula is C20H22N2O4. The summed E-state index contributed by atoms with van der Waals surface area (Å²) >= 11 is 0. The molecule has 0 unspecified atom stereocenters. The third-order valence-electron chi connectivity index (χ3n) is 4.61. The molecule has 2 amide bonds. The molecule has 1 saturated heterocycles. The Morgan fingerprint density at radius 3 is 2.62 bits per heavy atom. The van der Waals surface area contributed by atoms with Gasteiger partial charge < -0.3 is 20.4 Å². The van der Waals surface area contributed by atoms with Crippen molar-refractivity contribution in [1.29, 1.82) is 0 Å². The predicted octanol–water partition coefficient (Wildman–Crippen LogP) is 2.06. The first-order chi connectivity index (χ1) is 12.5. The van der Waals surface area contributed by atoms with E-state index in [9.17, 15) is 19.8 Å². The molecule has 26 heavy (non-hydrogen) atoms. The van der Waals surface area contributed by atoms with Crippen molar-refractivity contribution in [2.24, 2.45) is 0 Å². The van der Waals surface area contributed by atoms with Gasteiger partial charge in [0.1, 0.15) is 0 Å². The molecule has 0 aliphatic carbocycles. The van der Waals surface area contributed by atoms with Gasteiger partial charge in [-0.2, -0.15) is 0 Å². The SMILES string of the molecule is O=C(N[C@H]1CCN(C(=O)CCc2ccccc2)C1)c1cccc(O)c1O. The first-order valence-corrected chi connectivity index (χ1v) is 8.68. The topological polar surface area (TPSA) is 89.9 Å². The molecule has 1 fully saturated rings. The van der Waals surface area contributed by atoms with E-state index in [-0.39, 0.29) is 23.3 Å². The van der Waals surface area contributed by atoms with Gasteiger partial charge >= 0.3 is 0 Å². The highest BCUT2D eigenvalue weighted by molar-refractivity contribution is 5.97. The lowest BCUT2D eigenvalue weighted by molar-refractivity contribution is -0.130.